The van der Waals surface area contributed by atoms with E-state index < -0.39 is 129 Å². The van der Waals surface area contributed by atoms with Gasteiger partial charge in [-0.25, -0.2) is 9.59 Å². The van der Waals surface area contributed by atoms with Crippen molar-refractivity contribution >= 4 is 50.3 Å². The molecule has 79 heavy (non-hydrogen) atoms. The normalized spacial score (nSPS) is 36.3. The van der Waals surface area contributed by atoms with E-state index in [1.165, 1.54) is 21.3 Å². The predicted molar refractivity (Wildman–Crippen MR) is 294 cm³/mol. The number of ketones is 3. The molecule has 3 fully saturated rings. The molecule has 23 heteroatoms. The Hall–Kier alpha value is -3.72. The van der Waals surface area contributed by atoms with E-state index in [4.69, 9.17) is 28.4 Å². The third-order valence-electron chi connectivity index (χ3n) is 16.2. The molecule has 4 aliphatic rings. The van der Waals surface area contributed by atoms with Gasteiger partial charge in [0.1, 0.15) is 42.1 Å². The van der Waals surface area contributed by atoms with Gasteiger partial charge in [-0.3, -0.25) is 28.3 Å². The number of ether oxygens (including phenoxy) is 6. The Labute approximate surface area is 466 Å². The van der Waals surface area contributed by atoms with Crippen LogP contribution in [-0.2, 0) is 61.5 Å². The summed E-state index contributed by atoms with van der Waals surface area (Å²) >= 11 is 0. The minimum atomic E-state index is -4.78. The van der Waals surface area contributed by atoms with Gasteiger partial charge in [-0.05, 0) is 107 Å². The fourth-order valence-corrected chi connectivity index (χ4v) is 14.7. The number of carbonyl (C=O) groups excluding carboxylic acids is 6. The van der Waals surface area contributed by atoms with E-state index in [0.29, 0.717) is 63.4 Å². The quantitative estimate of drug-likeness (QED) is 0.0590. The number of allylic oxidation sites excluding steroid dienone is 6. The summed E-state index contributed by atoms with van der Waals surface area (Å²) in [7, 11) is -3.35. The second-order valence-corrected chi connectivity index (χ2v) is 27.3. The first-order valence-electron chi connectivity index (χ1n) is 27.7. The van der Waals surface area contributed by atoms with Gasteiger partial charge in [0, 0.05) is 78.2 Å². The van der Waals surface area contributed by atoms with Crippen LogP contribution < -0.4 is 0 Å². The molecule has 448 valence electrons. The lowest BCUT2D eigenvalue weighted by atomic mass is 9.78. The molecular weight excluding hydrogens is 1070 g/mol. The van der Waals surface area contributed by atoms with Gasteiger partial charge in [-0.15, -0.1) is 0 Å². The summed E-state index contributed by atoms with van der Waals surface area (Å²) in [6, 6.07) is -1.24. The van der Waals surface area contributed by atoms with Crippen LogP contribution in [0.25, 0.3) is 0 Å². The number of methoxy groups -OCH3 is 3. The SMILES string of the molecule is CO[C@H]1C[C@@H]2CC[C@@H](C)[C@@](O)(O2)C(=O)C(=O)N2CCCC[C@H]2C(=O)O[C@H]([C@H](C)C[C@H]2CC[C@@H](OC(=O)N(C)CCP(=O)(O)CP(=O)(O)O)[C@H](OC)C2)CC(=O)[C@H](C)/C=C(\C)[C@@H](O)[C@@H](OC)C(=O)[C@H](C)C[C@H](C)\C=C/C=C/C=C/1C. The predicted octanol–water partition coefficient (Wildman–Crippen LogP) is 6.66. The van der Waals surface area contributed by atoms with E-state index in [9.17, 15) is 62.8 Å². The average Bonchev–Trinajstić information content (AvgIpc) is 3.39. The molecule has 1 saturated carbocycles. The Bertz CT molecular complexity index is 2330. The maximum absolute atomic E-state index is 14.6. The second-order valence-electron chi connectivity index (χ2n) is 22.7. The van der Waals surface area contributed by atoms with E-state index in [1.54, 1.807) is 40.9 Å². The van der Waals surface area contributed by atoms with Gasteiger partial charge in [0.05, 0.1) is 18.3 Å². The Morgan fingerprint density at radius 3 is 2.22 bits per heavy atom. The number of carbonyl (C=O) groups is 6. The zero-order valence-electron chi connectivity index (χ0n) is 48.1. The van der Waals surface area contributed by atoms with E-state index >= 15 is 0 Å². The fraction of sp³-hybridized carbons (Fsp3) is 0.750. The van der Waals surface area contributed by atoms with Crippen molar-refractivity contribution in [1.82, 2.24) is 9.80 Å². The summed E-state index contributed by atoms with van der Waals surface area (Å²) in [5, 5.41) is 23.6. The molecular formula is C56H90N2O19P2. The minimum absolute atomic E-state index is 0.0166. The first kappa shape index (κ1) is 67.8. The lowest BCUT2D eigenvalue weighted by Gasteiger charge is -2.42. The fourth-order valence-electron chi connectivity index (χ4n) is 11.2. The van der Waals surface area contributed by atoms with Gasteiger partial charge < -0.3 is 63.1 Å². The molecule has 16 atom stereocenters. The first-order valence-corrected chi connectivity index (χ1v) is 31.5. The van der Waals surface area contributed by atoms with Gasteiger partial charge in [-0.1, -0.05) is 71.1 Å². The monoisotopic (exact) mass is 1160 g/mol. The van der Waals surface area contributed by atoms with E-state index in [1.807, 2.05) is 51.2 Å². The lowest BCUT2D eigenvalue weighted by Crippen LogP contribution is -2.61. The zero-order valence-corrected chi connectivity index (χ0v) is 49.9. The number of esters is 1. The molecule has 21 nitrogen and oxygen atoms in total. The molecule has 0 radical (unpaired) electrons. The molecule has 4 rings (SSSR count). The van der Waals surface area contributed by atoms with Gasteiger partial charge in [0.15, 0.2) is 5.78 Å². The van der Waals surface area contributed by atoms with Crippen LogP contribution in [0, 0.1) is 35.5 Å². The minimum Gasteiger partial charge on any atom is -0.460 e. The van der Waals surface area contributed by atoms with E-state index in [-0.39, 0.29) is 55.8 Å². The van der Waals surface area contributed by atoms with Crippen molar-refractivity contribution < 1.29 is 91.2 Å². The first-order chi connectivity index (χ1) is 36.9. The van der Waals surface area contributed by atoms with Gasteiger partial charge in [0.2, 0.25) is 13.2 Å². The molecule has 0 aromatic rings. The van der Waals surface area contributed by atoms with E-state index in [2.05, 4.69) is 0 Å². The number of hydrogen-bond acceptors (Lipinski definition) is 16. The summed E-state index contributed by atoms with van der Waals surface area (Å²) in [4.78, 5) is 115. The lowest BCUT2D eigenvalue weighted by molar-refractivity contribution is -0.265. The third kappa shape index (κ3) is 19.7. The molecule has 3 heterocycles. The number of fused-ring (bicyclic) bond motifs is 3. The Morgan fingerprint density at radius 2 is 1.57 bits per heavy atom. The number of Topliss-reactive ketones (excluding diaryl/α,β-unsaturated/α-hetero) is 3. The summed E-state index contributed by atoms with van der Waals surface area (Å²) in [6.07, 6.45) is 7.52. The average molecular weight is 1160 g/mol. The zero-order chi connectivity index (χ0) is 59.2. The largest absolute Gasteiger partial charge is 0.460 e. The number of nitrogens with zero attached hydrogens (tertiary/aromatic N) is 2. The van der Waals surface area contributed by atoms with Crippen molar-refractivity contribution in [2.24, 2.45) is 35.5 Å². The van der Waals surface area contributed by atoms with Crippen LogP contribution >= 0.6 is 15.0 Å². The number of hydrogen-bond donors (Lipinski definition) is 5. The summed E-state index contributed by atoms with van der Waals surface area (Å²) < 4.78 is 59.2. The molecule has 0 aromatic carbocycles. The number of piperidine rings is 1. The van der Waals surface area contributed by atoms with Gasteiger partial charge >= 0.3 is 19.7 Å². The van der Waals surface area contributed by atoms with Crippen LogP contribution in [-0.4, -0.2) is 178 Å². The maximum atomic E-state index is 14.6. The second kappa shape index (κ2) is 30.5. The number of rotatable bonds is 12. The van der Waals surface area contributed by atoms with Crippen LogP contribution in [0.15, 0.2) is 47.6 Å². The van der Waals surface area contributed by atoms with Crippen molar-refractivity contribution in [3.8, 4) is 0 Å². The highest BCUT2D eigenvalue weighted by molar-refractivity contribution is 7.72. The highest BCUT2D eigenvalue weighted by Crippen LogP contribution is 2.54. The molecule has 3 aliphatic heterocycles. The molecule has 2 amide bonds. The van der Waals surface area contributed by atoms with Crippen molar-refractivity contribution in [1.29, 1.82) is 0 Å². The van der Waals surface area contributed by atoms with Crippen LogP contribution in [0.1, 0.15) is 126 Å². The summed E-state index contributed by atoms with van der Waals surface area (Å²) in [5.74, 6) is -10.2. The molecule has 0 aromatic heterocycles. The Kier molecular flexibility index (Phi) is 26.2. The summed E-state index contributed by atoms with van der Waals surface area (Å²) in [6.45, 7) is 12.1. The van der Waals surface area contributed by atoms with E-state index in [0.717, 1.165) is 15.4 Å². The maximum Gasteiger partial charge on any atom is 0.409 e. The third-order valence-corrected chi connectivity index (χ3v) is 20.3. The van der Waals surface area contributed by atoms with Crippen LogP contribution in [0.2, 0.25) is 0 Å². The van der Waals surface area contributed by atoms with Crippen molar-refractivity contribution in [2.75, 3.05) is 53.5 Å². The molecule has 2 bridgehead atoms. The van der Waals surface area contributed by atoms with Crippen LogP contribution in [0.5, 0.6) is 0 Å². The molecule has 5 N–H and O–H groups in total. The topological polar surface area (TPSA) is 300 Å². The molecule has 1 unspecified atom stereocenters. The number of cyclic esters (lactones) is 1. The summed E-state index contributed by atoms with van der Waals surface area (Å²) in [5.41, 5.74) is 1.17. The number of amides is 2. The molecule has 2 saturated heterocycles. The highest BCUT2D eigenvalue weighted by atomic mass is 31.2. The molecule has 0 spiro atoms. The smallest absolute Gasteiger partial charge is 0.409 e. The van der Waals surface area contributed by atoms with Crippen molar-refractivity contribution in [3.05, 3.63) is 47.6 Å². The van der Waals surface area contributed by atoms with Gasteiger partial charge in [-0.2, -0.15) is 0 Å². The van der Waals surface area contributed by atoms with Crippen molar-refractivity contribution in [3.63, 3.8) is 0 Å². The standard InChI is InChI=1S/C56H90N2O19P2/c1-34-17-13-12-14-18-35(2)46(72-9)31-42-22-20-40(7)56(66,77-42)52(62)53(63)58-24-16-15-19-43(58)54(64)75-47(32-44(59)36(3)28-39(6)50(61)51(74-11)49(60)38(5)27-34)37(4)29-41-21-23-45(48(30-41)73-10)76-55(65)57(8)25-26-78(67,68)33-79(69,70)71/h12-14,17-18,28,34,36-38,40-43,45-48,50-51,61,66H,15-16,19-27,29-33H2,1-11H3,(H,67,68)(H2,69,70,71)/b14-12+,17-13-,35-18+,39-28+/t34-,36-,37-,38-,40-,41-,42+,43+,45-,46+,47+,48-,50-,51+,56-/m1/s1. The Balaban J connectivity index is 1.65. The number of aliphatic hydroxyl groups excluding tert-OH is 1. The van der Waals surface area contributed by atoms with Crippen LogP contribution in [0.4, 0.5) is 4.79 Å². The number of aliphatic hydroxyl groups is 2. The van der Waals surface area contributed by atoms with Crippen LogP contribution in [0.3, 0.4) is 0 Å². The van der Waals surface area contributed by atoms with Crippen molar-refractivity contribution in [2.45, 2.75) is 180 Å². The van der Waals surface area contributed by atoms with Gasteiger partial charge in [0.25, 0.3) is 11.7 Å². The molecule has 1 aliphatic carbocycles. The highest BCUT2D eigenvalue weighted by Gasteiger charge is 2.53. The Morgan fingerprint density at radius 1 is 0.873 bits per heavy atom.